The van der Waals surface area contributed by atoms with E-state index in [1.807, 2.05) is 6.07 Å². The molecule has 2 rings (SSSR count). The van der Waals surface area contributed by atoms with Crippen LogP contribution in [0.3, 0.4) is 0 Å². The Morgan fingerprint density at radius 2 is 2.14 bits per heavy atom. The summed E-state index contributed by atoms with van der Waals surface area (Å²) in [6.07, 6.45) is 1.64. The highest BCUT2D eigenvalue weighted by Crippen LogP contribution is 2.31. The summed E-state index contributed by atoms with van der Waals surface area (Å²) in [5, 5.41) is 14.1. The van der Waals surface area contributed by atoms with Crippen molar-refractivity contribution >= 4 is 11.5 Å². The van der Waals surface area contributed by atoms with Crippen LogP contribution >= 0.6 is 0 Å². The molecule has 0 saturated heterocycles. The first-order valence-electron chi connectivity index (χ1n) is 6.37. The Kier molecular flexibility index (Phi) is 5.15. The Balaban J connectivity index is 2.33. The maximum atomic E-state index is 11.2. The minimum atomic E-state index is -0.587. The highest BCUT2D eigenvalue weighted by molar-refractivity contribution is 5.61. The molecule has 0 radical (unpaired) electrons. The van der Waals surface area contributed by atoms with Gasteiger partial charge >= 0.3 is 5.69 Å². The number of methoxy groups -OCH3 is 2. The summed E-state index contributed by atoms with van der Waals surface area (Å²) in [5.74, 6) is 0.235. The fraction of sp³-hybridized carbons (Fsp3) is 0.308. The molecule has 22 heavy (non-hydrogen) atoms. The van der Waals surface area contributed by atoms with E-state index >= 15 is 0 Å². The van der Waals surface area contributed by atoms with E-state index in [0.717, 1.165) is 5.69 Å². The lowest BCUT2D eigenvalue weighted by Crippen LogP contribution is -2.11. The second-order valence-electron chi connectivity index (χ2n) is 4.21. The first-order chi connectivity index (χ1) is 10.7. The summed E-state index contributed by atoms with van der Waals surface area (Å²) in [6, 6.07) is 5.42. The van der Waals surface area contributed by atoms with Crippen LogP contribution in [-0.2, 0) is 17.9 Å². The summed E-state index contributed by atoms with van der Waals surface area (Å²) in [4.78, 5) is 22.9. The number of nitrogens with zero attached hydrogens (tertiary/aromatic N) is 4. The van der Waals surface area contributed by atoms with E-state index in [-0.39, 0.29) is 36.4 Å². The molecule has 0 aliphatic carbocycles. The van der Waals surface area contributed by atoms with E-state index in [1.54, 1.807) is 18.3 Å². The molecule has 9 heteroatoms. The number of pyridine rings is 1. The molecule has 0 bridgehead atoms. The largest absolute Gasteiger partial charge is 0.476 e. The summed E-state index contributed by atoms with van der Waals surface area (Å²) in [6.45, 7) is 0.404. The molecule has 0 atom stereocenters. The van der Waals surface area contributed by atoms with Crippen LogP contribution < -0.4 is 10.1 Å². The van der Waals surface area contributed by atoms with Crippen LogP contribution in [0.2, 0.25) is 0 Å². The van der Waals surface area contributed by atoms with Gasteiger partial charge in [-0.3, -0.25) is 15.1 Å². The van der Waals surface area contributed by atoms with Gasteiger partial charge in [0.2, 0.25) is 5.82 Å². The Labute approximate surface area is 126 Å². The predicted octanol–water partition coefficient (Wildman–Crippen LogP) is 1.55. The number of rotatable bonds is 7. The van der Waals surface area contributed by atoms with E-state index in [4.69, 9.17) is 9.47 Å². The monoisotopic (exact) mass is 305 g/mol. The second-order valence-corrected chi connectivity index (χ2v) is 4.21. The number of aromatic nitrogens is 3. The van der Waals surface area contributed by atoms with Crippen molar-refractivity contribution in [3.8, 4) is 5.88 Å². The normalized spacial score (nSPS) is 10.3. The minimum Gasteiger partial charge on any atom is -0.476 e. The molecule has 0 aliphatic heterocycles. The van der Waals surface area contributed by atoms with Crippen molar-refractivity contribution in [1.82, 2.24) is 15.0 Å². The molecule has 0 fully saturated rings. The van der Waals surface area contributed by atoms with Crippen LogP contribution in [0.5, 0.6) is 5.88 Å². The molecule has 0 amide bonds. The summed E-state index contributed by atoms with van der Waals surface area (Å²) < 4.78 is 9.94. The van der Waals surface area contributed by atoms with Gasteiger partial charge in [-0.05, 0) is 12.1 Å². The van der Waals surface area contributed by atoms with Crippen molar-refractivity contribution in [1.29, 1.82) is 0 Å². The molecular formula is C13H15N5O4. The number of ether oxygens (including phenoxy) is 2. The van der Waals surface area contributed by atoms with Gasteiger partial charge in [-0.1, -0.05) is 6.07 Å². The molecular weight excluding hydrogens is 290 g/mol. The van der Waals surface area contributed by atoms with Crippen LogP contribution in [0.1, 0.15) is 11.5 Å². The smallest absolute Gasteiger partial charge is 0.372 e. The predicted molar refractivity (Wildman–Crippen MR) is 77.5 cm³/mol. The maximum Gasteiger partial charge on any atom is 0.372 e. The topological polar surface area (TPSA) is 112 Å². The van der Waals surface area contributed by atoms with Crippen molar-refractivity contribution in [3.05, 3.63) is 46.0 Å². The lowest BCUT2D eigenvalue weighted by Gasteiger charge is -2.10. The zero-order chi connectivity index (χ0) is 15.9. The summed E-state index contributed by atoms with van der Waals surface area (Å²) in [7, 11) is 2.80. The van der Waals surface area contributed by atoms with Crippen molar-refractivity contribution in [2.24, 2.45) is 0 Å². The van der Waals surface area contributed by atoms with Crippen molar-refractivity contribution < 1.29 is 14.4 Å². The standard InChI is InChI=1S/C13H15N5O4/c1-21-8-10-16-12(11(18(19)20)13(17-10)22-2)15-7-9-5-3-4-6-14-9/h3-6H,7-8H2,1-2H3,(H,15,16,17). The molecule has 0 spiro atoms. The minimum absolute atomic E-state index is 0.0644. The Hall–Kier alpha value is -2.81. The lowest BCUT2D eigenvalue weighted by atomic mass is 10.3. The molecule has 1 N–H and O–H groups in total. The molecule has 0 saturated carbocycles. The summed E-state index contributed by atoms with van der Waals surface area (Å²) >= 11 is 0. The molecule has 2 heterocycles. The molecule has 2 aromatic rings. The van der Waals surface area contributed by atoms with Gasteiger partial charge in [-0.15, -0.1) is 0 Å². The van der Waals surface area contributed by atoms with Gasteiger partial charge in [0.1, 0.15) is 6.61 Å². The van der Waals surface area contributed by atoms with Crippen LogP contribution in [-0.4, -0.2) is 34.1 Å². The lowest BCUT2D eigenvalue weighted by molar-refractivity contribution is -0.385. The third kappa shape index (κ3) is 3.64. The fourth-order valence-electron chi connectivity index (χ4n) is 1.78. The zero-order valence-corrected chi connectivity index (χ0v) is 12.1. The first kappa shape index (κ1) is 15.6. The van der Waals surface area contributed by atoms with E-state index in [0.29, 0.717) is 0 Å². The van der Waals surface area contributed by atoms with Gasteiger partial charge in [0.05, 0.1) is 24.3 Å². The fourth-order valence-corrected chi connectivity index (χ4v) is 1.78. The van der Waals surface area contributed by atoms with Crippen LogP contribution in [0.15, 0.2) is 24.4 Å². The van der Waals surface area contributed by atoms with Gasteiger partial charge in [0.15, 0.2) is 5.82 Å². The molecule has 9 nitrogen and oxygen atoms in total. The molecule has 0 aromatic carbocycles. The van der Waals surface area contributed by atoms with E-state index in [2.05, 4.69) is 20.3 Å². The highest BCUT2D eigenvalue weighted by Gasteiger charge is 2.25. The molecule has 0 unspecified atom stereocenters. The third-order valence-corrected chi connectivity index (χ3v) is 2.71. The quantitative estimate of drug-likeness (QED) is 0.605. The average molecular weight is 305 g/mol. The van der Waals surface area contributed by atoms with E-state index in [1.165, 1.54) is 14.2 Å². The Bertz CT molecular complexity index is 650. The highest BCUT2D eigenvalue weighted by atomic mass is 16.6. The molecule has 2 aromatic heterocycles. The van der Waals surface area contributed by atoms with E-state index < -0.39 is 4.92 Å². The number of nitrogens with one attached hydrogen (secondary N) is 1. The van der Waals surface area contributed by atoms with Crippen LogP contribution in [0, 0.1) is 10.1 Å². The van der Waals surface area contributed by atoms with Crippen LogP contribution in [0.4, 0.5) is 11.5 Å². The van der Waals surface area contributed by atoms with Crippen molar-refractivity contribution in [2.45, 2.75) is 13.2 Å². The molecule has 0 aliphatic rings. The summed E-state index contributed by atoms with van der Waals surface area (Å²) in [5.41, 5.74) is 0.404. The average Bonchev–Trinajstić information content (AvgIpc) is 2.53. The molecule has 116 valence electrons. The van der Waals surface area contributed by atoms with Crippen molar-refractivity contribution in [2.75, 3.05) is 19.5 Å². The number of hydrogen-bond acceptors (Lipinski definition) is 8. The van der Waals surface area contributed by atoms with Crippen LogP contribution in [0.25, 0.3) is 0 Å². The van der Waals surface area contributed by atoms with E-state index in [9.17, 15) is 10.1 Å². The maximum absolute atomic E-state index is 11.2. The van der Waals surface area contributed by atoms with Gasteiger partial charge < -0.3 is 14.8 Å². The van der Waals surface area contributed by atoms with Gasteiger partial charge in [-0.25, -0.2) is 4.98 Å². The van der Waals surface area contributed by atoms with Gasteiger partial charge in [0, 0.05) is 13.3 Å². The third-order valence-electron chi connectivity index (χ3n) is 2.71. The van der Waals surface area contributed by atoms with Gasteiger partial charge in [0.25, 0.3) is 5.88 Å². The first-order valence-corrected chi connectivity index (χ1v) is 6.37. The zero-order valence-electron chi connectivity index (χ0n) is 12.1. The SMILES string of the molecule is COCc1nc(NCc2ccccn2)c([N+](=O)[O-])c(OC)n1. The van der Waals surface area contributed by atoms with Gasteiger partial charge in [-0.2, -0.15) is 4.98 Å². The second kappa shape index (κ2) is 7.27. The number of hydrogen-bond donors (Lipinski definition) is 1. The van der Waals surface area contributed by atoms with Crippen molar-refractivity contribution in [3.63, 3.8) is 0 Å². The Morgan fingerprint density at radius 1 is 1.32 bits per heavy atom. The number of nitro groups is 1. The Morgan fingerprint density at radius 3 is 2.73 bits per heavy atom. The number of anilines is 1.